The minimum atomic E-state index is -0.162. The van der Waals surface area contributed by atoms with Gasteiger partial charge < -0.3 is 24.4 Å². The molecular weight excluding hydrogens is 514 g/mol. The maximum Gasteiger partial charge on any atom is 0.270 e. The molecule has 1 aromatic heterocycles. The maximum absolute atomic E-state index is 13.0. The summed E-state index contributed by atoms with van der Waals surface area (Å²) in [6.45, 7) is 3.76. The molecule has 1 saturated heterocycles. The highest BCUT2D eigenvalue weighted by molar-refractivity contribution is 7.09. The molecule has 0 aliphatic carbocycles. The number of ether oxygens (including phenoxy) is 3. The summed E-state index contributed by atoms with van der Waals surface area (Å²) in [4.78, 5) is 32.0. The Morgan fingerprint density at radius 2 is 1.56 bits per heavy atom. The first-order valence-electron chi connectivity index (χ1n) is 13.4. The topological polar surface area (TPSA) is 90.0 Å². The van der Waals surface area contributed by atoms with Crippen LogP contribution in [0.15, 0.2) is 66.0 Å². The van der Waals surface area contributed by atoms with E-state index < -0.39 is 0 Å². The van der Waals surface area contributed by atoms with E-state index in [1.807, 2.05) is 46.7 Å². The van der Waals surface area contributed by atoms with Crippen molar-refractivity contribution >= 4 is 23.2 Å². The van der Waals surface area contributed by atoms with Gasteiger partial charge in [0.1, 0.15) is 12.3 Å². The molecule has 3 aromatic rings. The number of thiazole rings is 1. The molecule has 1 N–H and O–H groups in total. The van der Waals surface area contributed by atoms with E-state index in [-0.39, 0.29) is 30.3 Å². The number of hydrogen-bond acceptors (Lipinski definition) is 7. The molecule has 0 saturated carbocycles. The van der Waals surface area contributed by atoms with Gasteiger partial charge in [0.15, 0.2) is 0 Å². The van der Waals surface area contributed by atoms with Crippen LogP contribution in [-0.4, -0.2) is 81.5 Å². The number of aromatic nitrogens is 1. The third kappa shape index (κ3) is 8.69. The minimum Gasteiger partial charge on any atom is -0.382 e. The smallest absolute Gasteiger partial charge is 0.270 e. The van der Waals surface area contributed by atoms with E-state index in [2.05, 4.69) is 34.6 Å². The number of amides is 2. The fraction of sp³-hybridized carbons (Fsp3) is 0.433. The molecule has 0 spiro atoms. The summed E-state index contributed by atoms with van der Waals surface area (Å²) < 4.78 is 15.7. The van der Waals surface area contributed by atoms with Gasteiger partial charge in [0.05, 0.1) is 31.4 Å². The minimum absolute atomic E-state index is 0.00377. The Balaban J connectivity index is 1.23. The van der Waals surface area contributed by atoms with E-state index in [4.69, 9.17) is 14.2 Å². The zero-order valence-corrected chi connectivity index (χ0v) is 23.2. The van der Waals surface area contributed by atoms with Gasteiger partial charge in [-0.25, -0.2) is 4.98 Å². The van der Waals surface area contributed by atoms with Crippen LogP contribution in [0.2, 0.25) is 0 Å². The second-order valence-corrected chi connectivity index (χ2v) is 10.4. The van der Waals surface area contributed by atoms with E-state index in [0.29, 0.717) is 51.8 Å². The lowest BCUT2D eigenvalue weighted by Crippen LogP contribution is -2.40. The van der Waals surface area contributed by atoms with Crippen molar-refractivity contribution in [1.29, 1.82) is 0 Å². The fourth-order valence-electron chi connectivity index (χ4n) is 4.65. The molecule has 0 bridgehead atoms. The number of methoxy groups -OCH3 is 1. The number of hydrogen-bond donors (Lipinski definition) is 1. The lowest BCUT2D eigenvalue weighted by Gasteiger charge is -2.31. The monoisotopic (exact) mass is 551 g/mol. The summed E-state index contributed by atoms with van der Waals surface area (Å²) in [6, 6.07) is 20.4. The average molecular weight is 552 g/mol. The van der Waals surface area contributed by atoms with Crippen LogP contribution in [-0.2, 0) is 19.0 Å². The number of piperidine rings is 1. The average Bonchev–Trinajstić information content (AvgIpc) is 3.48. The Labute approximate surface area is 234 Å². The summed E-state index contributed by atoms with van der Waals surface area (Å²) >= 11 is 1.52. The van der Waals surface area contributed by atoms with Gasteiger partial charge >= 0.3 is 0 Å². The van der Waals surface area contributed by atoms with Gasteiger partial charge in [0.25, 0.3) is 5.91 Å². The number of carbonyl (C=O) groups is 2. The van der Waals surface area contributed by atoms with Gasteiger partial charge in [-0.05, 0) is 24.0 Å². The van der Waals surface area contributed by atoms with Gasteiger partial charge in [-0.1, -0.05) is 60.7 Å². The van der Waals surface area contributed by atoms with E-state index in [1.54, 1.807) is 7.11 Å². The summed E-state index contributed by atoms with van der Waals surface area (Å²) in [5.74, 6) is 0.141. The van der Waals surface area contributed by atoms with Crippen LogP contribution >= 0.6 is 11.3 Å². The molecular formula is C30H37N3O5S. The van der Waals surface area contributed by atoms with Crippen LogP contribution in [0.1, 0.15) is 51.3 Å². The quantitative estimate of drug-likeness (QED) is 0.304. The van der Waals surface area contributed by atoms with Crippen molar-refractivity contribution < 1.29 is 23.8 Å². The van der Waals surface area contributed by atoms with Crippen molar-refractivity contribution in [2.75, 3.05) is 59.8 Å². The first-order chi connectivity index (χ1) is 19.2. The van der Waals surface area contributed by atoms with E-state index >= 15 is 0 Å². The van der Waals surface area contributed by atoms with Gasteiger partial charge in [-0.2, -0.15) is 0 Å². The zero-order chi connectivity index (χ0) is 27.3. The van der Waals surface area contributed by atoms with Crippen LogP contribution in [0, 0.1) is 0 Å². The van der Waals surface area contributed by atoms with E-state index in [1.165, 1.54) is 11.3 Å². The first-order valence-corrected chi connectivity index (χ1v) is 14.3. The number of carbonyl (C=O) groups excluding carboxylic acids is 2. The normalized spacial score (nSPS) is 14.1. The Morgan fingerprint density at radius 3 is 2.21 bits per heavy atom. The van der Waals surface area contributed by atoms with Crippen LogP contribution < -0.4 is 5.32 Å². The molecule has 208 valence electrons. The molecule has 4 rings (SSSR count). The van der Waals surface area contributed by atoms with Crippen LogP contribution in [0.3, 0.4) is 0 Å². The number of nitrogens with one attached hydrogen (secondary N) is 1. The predicted octanol–water partition coefficient (Wildman–Crippen LogP) is 4.09. The number of nitrogens with zero attached hydrogens (tertiary/aromatic N) is 2. The molecule has 9 heteroatoms. The first kappa shape index (κ1) is 28.9. The summed E-state index contributed by atoms with van der Waals surface area (Å²) in [7, 11) is 1.63. The lowest BCUT2D eigenvalue weighted by atomic mass is 9.91. The van der Waals surface area contributed by atoms with Crippen molar-refractivity contribution in [1.82, 2.24) is 15.2 Å². The van der Waals surface area contributed by atoms with Crippen molar-refractivity contribution in [2.24, 2.45) is 0 Å². The highest BCUT2D eigenvalue weighted by Gasteiger charge is 2.26. The van der Waals surface area contributed by atoms with Gasteiger partial charge in [-0.3, -0.25) is 9.59 Å². The molecule has 2 aromatic carbocycles. The molecule has 1 fully saturated rings. The standard InChI is InChI=1S/C30H37N3O5S/c1-36-16-17-37-18-19-38-21-28(34)33-14-12-25(13-15-33)30-32-27(22-39-30)29(35)31-20-26(23-8-4-2-5-9-23)24-10-6-3-7-11-24/h2-11,22,25-26H,12-21H2,1H3,(H,31,35). The Morgan fingerprint density at radius 1 is 0.949 bits per heavy atom. The van der Waals surface area contributed by atoms with Crippen molar-refractivity contribution in [2.45, 2.75) is 24.7 Å². The van der Waals surface area contributed by atoms with Gasteiger partial charge in [-0.15, -0.1) is 11.3 Å². The zero-order valence-electron chi connectivity index (χ0n) is 22.4. The molecule has 8 nitrogen and oxygen atoms in total. The second kappa shape index (κ2) is 15.5. The Hall–Kier alpha value is -3.11. The highest BCUT2D eigenvalue weighted by Crippen LogP contribution is 2.30. The molecule has 39 heavy (non-hydrogen) atoms. The third-order valence-electron chi connectivity index (χ3n) is 6.85. The highest BCUT2D eigenvalue weighted by atomic mass is 32.1. The number of benzene rings is 2. The molecule has 2 amide bonds. The van der Waals surface area contributed by atoms with Crippen LogP contribution in [0.4, 0.5) is 0 Å². The lowest BCUT2D eigenvalue weighted by molar-refractivity contribution is -0.137. The largest absolute Gasteiger partial charge is 0.382 e. The number of likely N-dealkylation sites (tertiary alicyclic amines) is 1. The summed E-state index contributed by atoms with van der Waals surface area (Å²) in [6.07, 6.45) is 1.65. The molecule has 1 aliphatic rings. The van der Waals surface area contributed by atoms with Crippen LogP contribution in [0.25, 0.3) is 0 Å². The van der Waals surface area contributed by atoms with Crippen molar-refractivity contribution in [3.05, 3.63) is 87.9 Å². The fourth-order valence-corrected chi connectivity index (χ4v) is 5.62. The molecule has 0 unspecified atom stereocenters. The van der Waals surface area contributed by atoms with E-state index in [9.17, 15) is 9.59 Å². The predicted molar refractivity (Wildman–Crippen MR) is 151 cm³/mol. The molecule has 2 heterocycles. The SMILES string of the molecule is COCCOCCOCC(=O)N1CCC(c2nc(C(=O)NCC(c3ccccc3)c3ccccc3)cs2)CC1. The van der Waals surface area contributed by atoms with Crippen LogP contribution in [0.5, 0.6) is 0 Å². The summed E-state index contributed by atoms with van der Waals surface area (Å²) in [5, 5.41) is 5.89. The third-order valence-corrected chi connectivity index (χ3v) is 7.86. The Bertz CT molecular complexity index is 1110. The number of rotatable bonds is 14. The molecule has 0 atom stereocenters. The Kier molecular flexibility index (Phi) is 11.5. The van der Waals surface area contributed by atoms with Gasteiger partial charge in [0.2, 0.25) is 5.91 Å². The van der Waals surface area contributed by atoms with Crippen molar-refractivity contribution in [3.63, 3.8) is 0 Å². The maximum atomic E-state index is 13.0. The van der Waals surface area contributed by atoms with Gasteiger partial charge in [0, 0.05) is 44.0 Å². The second-order valence-electron chi connectivity index (χ2n) is 9.47. The summed E-state index contributed by atoms with van der Waals surface area (Å²) in [5.41, 5.74) is 2.77. The van der Waals surface area contributed by atoms with Crippen molar-refractivity contribution in [3.8, 4) is 0 Å². The molecule has 0 radical (unpaired) electrons. The van der Waals surface area contributed by atoms with E-state index in [0.717, 1.165) is 29.0 Å². The molecule has 1 aliphatic heterocycles.